The van der Waals surface area contributed by atoms with Gasteiger partial charge in [0.2, 0.25) is 0 Å². The SMILES string of the molecule is Cc1cc(NS(=O)(=O)C2=CC=CCC2=S)ccc1-c1cnccc1C. The number of hydrogen-bond acceptors (Lipinski definition) is 4. The minimum atomic E-state index is -3.68. The highest BCUT2D eigenvalue weighted by Crippen LogP contribution is 2.29. The number of anilines is 1. The number of pyridine rings is 1. The van der Waals surface area contributed by atoms with Crippen LogP contribution in [-0.2, 0) is 10.0 Å². The molecule has 1 aromatic carbocycles. The number of rotatable bonds is 4. The summed E-state index contributed by atoms with van der Waals surface area (Å²) < 4.78 is 27.8. The Hall–Kier alpha value is -2.31. The fourth-order valence-corrected chi connectivity index (χ4v) is 4.43. The van der Waals surface area contributed by atoms with E-state index in [1.807, 2.05) is 44.3 Å². The van der Waals surface area contributed by atoms with E-state index in [4.69, 9.17) is 12.2 Å². The molecule has 0 fully saturated rings. The second-order valence-electron chi connectivity index (χ2n) is 5.91. The van der Waals surface area contributed by atoms with E-state index in [0.29, 0.717) is 17.0 Å². The average Bonchev–Trinajstić information content (AvgIpc) is 2.56. The molecule has 2 aromatic rings. The van der Waals surface area contributed by atoms with Gasteiger partial charge in [0.25, 0.3) is 10.0 Å². The summed E-state index contributed by atoms with van der Waals surface area (Å²) in [6.45, 7) is 3.98. The Morgan fingerprint density at radius 3 is 2.60 bits per heavy atom. The highest BCUT2D eigenvalue weighted by atomic mass is 32.2. The van der Waals surface area contributed by atoms with Crippen LogP contribution in [0.3, 0.4) is 0 Å². The molecule has 1 N–H and O–H groups in total. The van der Waals surface area contributed by atoms with Gasteiger partial charge in [-0.15, -0.1) is 0 Å². The van der Waals surface area contributed by atoms with Crippen LogP contribution >= 0.6 is 12.2 Å². The first-order valence-corrected chi connectivity index (χ1v) is 9.72. The van der Waals surface area contributed by atoms with Gasteiger partial charge in [-0.05, 0) is 54.8 Å². The number of nitrogens with zero attached hydrogens (tertiary/aromatic N) is 1. The van der Waals surface area contributed by atoms with Crippen LogP contribution in [0.5, 0.6) is 0 Å². The smallest absolute Gasteiger partial charge is 0.263 e. The summed E-state index contributed by atoms with van der Waals surface area (Å²) in [5.41, 5.74) is 4.67. The lowest BCUT2D eigenvalue weighted by Gasteiger charge is -2.15. The van der Waals surface area contributed by atoms with E-state index >= 15 is 0 Å². The van der Waals surface area contributed by atoms with Crippen molar-refractivity contribution in [3.8, 4) is 11.1 Å². The number of hydrogen-bond donors (Lipinski definition) is 1. The molecule has 25 heavy (non-hydrogen) atoms. The van der Waals surface area contributed by atoms with Crippen molar-refractivity contribution in [2.45, 2.75) is 20.3 Å². The van der Waals surface area contributed by atoms with Crippen LogP contribution in [0, 0.1) is 13.8 Å². The van der Waals surface area contributed by atoms with Gasteiger partial charge in [0.05, 0.1) is 0 Å². The molecule has 128 valence electrons. The summed E-state index contributed by atoms with van der Waals surface area (Å²) in [4.78, 5) is 4.76. The Morgan fingerprint density at radius 1 is 1.12 bits per heavy atom. The molecule has 1 aliphatic rings. The van der Waals surface area contributed by atoms with Gasteiger partial charge >= 0.3 is 0 Å². The van der Waals surface area contributed by atoms with Crippen molar-refractivity contribution in [1.82, 2.24) is 4.98 Å². The molecule has 6 heteroatoms. The van der Waals surface area contributed by atoms with Crippen molar-refractivity contribution in [2.24, 2.45) is 0 Å². The average molecular weight is 370 g/mol. The zero-order valence-electron chi connectivity index (χ0n) is 14.0. The largest absolute Gasteiger partial charge is 0.280 e. The van der Waals surface area contributed by atoms with Gasteiger partial charge in [0.1, 0.15) is 4.91 Å². The Morgan fingerprint density at radius 2 is 1.92 bits per heavy atom. The second kappa shape index (κ2) is 6.90. The normalized spacial score (nSPS) is 14.3. The van der Waals surface area contributed by atoms with Crippen LogP contribution < -0.4 is 4.72 Å². The van der Waals surface area contributed by atoms with Crippen LogP contribution in [0.1, 0.15) is 17.5 Å². The van der Waals surface area contributed by atoms with Gasteiger partial charge in [0, 0.05) is 34.9 Å². The van der Waals surface area contributed by atoms with Crippen LogP contribution in [-0.4, -0.2) is 18.3 Å². The minimum absolute atomic E-state index is 0.162. The van der Waals surface area contributed by atoms with Crippen LogP contribution in [0.4, 0.5) is 5.69 Å². The molecule has 3 rings (SSSR count). The lowest BCUT2D eigenvalue weighted by atomic mass is 9.98. The van der Waals surface area contributed by atoms with Gasteiger partial charge in [-0.3, -0.25) is 9.71 Å². The molecule has 0 saturated heterocycles. The van der Waals surface area contributed by atoms with E-state index in [2.05, 4.69) is 9.71 Å². The molecule has 4 nitrogen and oxygen atoms in total. The number of benzene rings is 1. The first-order valence-electron chi connectivity index (χ1n) is 7.83. The predicted molar refractivity (Wildman–Crippen MR) is 106 cm³/mol. The third-order valence-corrected chi connectivity index (χ3v) is 6.04. The van der Waals surface area contributed by atoms with Gasteiger partial charge < -0.3 is 0 Å². The number of sulfonamides is 1. The molecule has 0 atom stereocenters. The highest BCUT2D eigenvalue weighted by Gasteiger charge is 2.22. The molecule has 0 bridgehead atoms. The van der Waals surface area contributed by atoms with E-state index in [9.17, 15) is 8.42 Å². The molecule has 0 saturated carbocycles. The van der Waals surface area contributed by atoms with E-state index in [-0.39, 0.29) is 4.91 Å². The number of thiocarbonyl (C=S) groups is 1. The Balaban J connectivity index is 1.92. The zero-order chi connectivity index (χ0) is 18.0. The third-order valence-electron chi connectivity index (χ3n) is 4.06. The van der Waals surface area contributed by atoms with Crippen LogP contribution in [0.25, 0.3) is 11.1 Å². The third kappa shape index (κ3) is 3.70. The maximum Gasteiger partial charge on any atom is 0.263 e. The Labute approximate surface area is 153 Å². The van der Waals surface area contributed by atoms with E-state index < -0.39 is 10.0 Å². The number of aryl methyl sites for hydroxylation is 2. The summed E-state index contributed by atoms with van der Waals surface area (Å²) in [5.74, 6) is 0. The number of allylic oxidation sites excluding steroid dienone is 4. The van der Waals surface area contributed by atoms with Gasteiger partial charge in [-0.2, -0.15) is 0 Å². The summed E-state index contributed by atoms with van der Waals surface area (Å²) in [6, 6.07) is 7.44. The van der Waals surface area contributed by atoms with E-state index in [1.54, 1.807) is 18.3 Å². The maximum atomic E-state index is 12.6. The topological polar surface area (TPSA) is 59.1 Å². The van der Waals surface area contributed by atoms with Crippen LogP contribution in [0.2, 0.25) is 0 Å². The van der Waals surface area contributed by atoms with E-state index in [0.717, 1.165) is 22.3 Å². The fourth-order valence-electron chi connectivity index (χ4n) is 2.75. The molecule has 0 aliphatic heterocycles. The lowest BCUT2D eigenvalue weighted by molar-refractivity contribution is 0.608. The van der Waals surface area contributed by atoms with Crippen LogP contribution in [0.15, 0.2) is 59.8 Å². The molecule has 1 aromatic heterocycles. The maximum absolute atomic E-state index is 12.6. The predicted octanol–water partition coefficient (Wildman–Crippen LogP) is 4.32. The minimum Gasteiger partial charge on any atom is -0.280 e. The first-order chi connectivity index (χ1) is 11.9. The molecule has 0 spiro atoms. The molecular weight excluding hydrogens is 352 g/mol. The molecule has 0 amide bonds. The van der Waals surface area contributed by atoms with Crippen molar-refractivity contribution in [2.75, 3.05) is 4.72 Å². The van der Waals surface area contributed by atoms with Crippen molar-refractivity contribution in [3.63, 3.8) is 0 Å². The van der Waals surface area contributed by atoms with Gasteiger partial charge in [-0.25, -0.2) is 8.42 Å². The first kappa shape index (κ1) is 17.5. The Bertz CT molecular complexity index is 1010. The summed E-state index contributed by atoms with van der Waals surface area (Å²) in [7, 11) is -3.68. The lowest BCUT2D eigenvalue weighted by Crippen LogP contribution is -2.20. The molecule has 1 heterocycles. The van der Waals surface area contributed by atoms with Crippen molar-refractivity contribution >= 4 is 32.8 Å². The summed E-state index contributed by atoms with van der Waals surface area (Å²) in [5, 5.41) is 0. The second-order valence-corrected chi connectivity index (χ2v) is 8.06. The standard InChI is InChI=1S/C19H18N2O2S2/c1-13-9-10-20-12-17(13)16-8-7-15(11-14(16)2)21-25(22,23)19-6-4-3-5-18(19)24/h3-4,6-12,21H,5H2,1-2H3. The quantitative estimate of drug-likeness (QED) is 0.814. The molecule has 1 aliphatic carbocycles. The van der Waals surface area contributed by atoms with Gasteiger partial charge in [-0.1, -0.05) is 30.4 Å². The van der Waals surface area contributed by atoms with Gasteiger partial charge in [0.15, 0.2) is 0 Å². The molecule has 0 unspecified atom stereocenters. The molecule has 0 radical (unpaired) electrons. The van der Waals surface area contributed by atoms with Crippen molar-refractivity contribution in [3.05, 3.63) is 70.9 Å². The van der Waals surface area contributed by atoms with Crippen molar-refractivity contribution in [1.29, 1.82) is 0 Å². The fraction of sp³-hybridized carbons (Fsp3) is 0.158. The summed E-state index contributed by atoms with van der Waals surface area (Å²) >= 11 is 5.17. The molecular formula is C19H18N2O2S2. The number of aromatic nitrogens is 1. The van der Waals surface area contributed by atoms with E-state index in [1.165, 1.54) is 6.08 Å². The summed E-state index contributed by atoms with van der Waals surface area (Å²) in [6.07, 6.45) is 9.14. The monoisotopic (exact) mass is 370 g/mol. The Kier molecular flexibility index (Phi) is 4.83. The zero-order valence-corrected chi connectivity index (χ0v) is 15.6. The number of nitrogens with one attached hydrogen (secondary N) is 1. The van der Waals surface area contributed by atoms with Crippen molar-refractivity contribution < 1.29 is 8.42 Å². The highest BCUT2D eigenvalue weighted by molar-refractivity contribution is 7.99.